The Hall–Kier alpha value is -6.16. The van der Waals surface area contributed by atoms with Crippen molar-refractivity contribution in [3.05, 3.63) is 88.1 Å². The molecule has 4 aromatic heterocycles. The molecule has 4 aliphatic rings. The number of piperidine rings is 1. The molecule has 1 aliphatic carbocycles. The number of imidazole rings is 2. The molecule has 6 aromatic rings. The van der Waals surface area contributed by atoms with Crippen LogP contribution in [0.25, 0.3) is 44.7 Å². The van der Waals surface area contributed by atoms with E-state index in [1.807, 2.05) is 70.0 Å². The van der Waals surface area contributed by atoms with E-state index in [1.54, 1.807) is 22.4 Å². The quantitative estimate of drug-likeness (QED) is 0.129. The van der Waals surface area contributed by atoms with Crippen molar-refractivity contribution in [3.8, 4) is 39.5 Å². The van der Waals surface area contributed by atoms with Gasteiger partial charge in [0, 0.05) is 34.0 Å². The summed E-state index contributed by atoms with van der Waals surface area (Å²) in [5, 5.41) is 3.60. The number of H-pyrrole nitrogens is 2. The van der Waals surface area contributed by atoms with E-state index in [1.165, 1.54) is 18.1 Å². The lowest BCUT2D eigenvalue weighted by Gasteiger charge is -2.30. The maximum Gasteiger partial charge on any atom is 0.411 e. The zero-order chi connectivity index (χ0) is 44.8. The molecule has 64 heavy (non-hydrogen) atoms. The van der Waals surface area contributed by atoms with Crippen LogP contribution in [0.5, 0.6) is 5.75 Å². The van der Waals surface area contributed by atoms with E-state index in [-0.39, 0.29) is 36.0 Å². The Morgan fingerprint density at radius 2 is 1.73 bits per heavy atom. The van der Waals surface area contributed by atoms with Gasteiger partial charge in [0.2, 0.25) is 12.1 Å². The molecule has 2 saturated heterocycles. The second kappa shape index (κ2) is 15.8. The number of ether oxygens (including phenoxy) is 3. The second-order valence-corrected chi connectivity index (χ2v) is 19.9. The maximum atomic E-state index is 16.8. The van der Waals surface area contributed by atoms with Crippen LogP contribution in [0, 0.1) is 17.7 Å². The van der Waals surface area contributed by atoms with Crippen LogP contribution in [0.4, 0.5) is 14.0 Å². The van der Waals surface area contributed by atoms with Gasteiger partial charge in [-0.15, -0.1) is 11.3 Å². The van der Waals surface area contributed by atoms with Gasteiger partial charge >= 0.3 is 12.2 Å². The van der Waals surface area contributed by atoms with Gasteiger partial charge in [0.05, 0.1) is 64.6 Å². The number of methoxy groups -OCH3 is 1. The summed E-state index contributed by atoms with van der Waals surface area (Å²) in [6.07, 6.45) is 6.14. The van der Waals surface area contributed by atoms with Crippen molar-refractivity contribution in [2.24, 2.45) is 11.8 Å². The summed E-state index contributed by atoms with van der Waals surface area (Å²) in [4.78, 5) is 61.4. The smallest absolute Gasteiger partial charge is 0.411 e. The third kappa shape index (κ3) is 7.38. The summed E-state index contributed by atoms with van der Waals surface area (Å²) in [6.45, 7) is 12.0. The van der Waals surface area contributed by atoms with Crippen LogP contribution < -0.4 is 10.1 Å². The van der Waals surface area contributed by atoms with Gasteiger partial charge in [-0.3, -0.25) is 14.3 Å². The summed E-state index contributed by atoms with van der Waals surface area (Å²) < 4.78 is 36.3. The topological polar surface area (TPSA) is 160 Å². The zero-order valence-corrected chi connectivity index (χ0v) is 37.8. The predicted molar refractivity (Wildman–Crippen MR) is 240 cm³/mol. The largest absolute Gasteiger partial charge is 0.464 e. The van der Waals surface area contributed by atoms with E-state index in [4.69, 9.17) is 24.2 Å². The Bertz CT molecular complexity index is 2800. The molecular formula is C48H53FN8O6S. The minimum atomic E-state index is -0.759. The number of fused-ring (bicyclic) bond motifs is 6. The number of carbonyl (C=O) groups excluding carboxylic acids is 3. The van der Waals surface area contributed by atoms with Gasteiger partial charge in [-0.2, -0.15) is 0 Å². The number of alkyl carbamates (subject to hydrolysis) is 1. The molecule has 16 heteroatoms. The molecule has 10 rings (SSSR count). The van der Waals surface area contributed by atoms with Crippen LogP contribution in [-0.2, 0) is 20.7 Å². The van der Waals surface area contributed by atoms with Crippen LogP contribution in [0.1, 0.15) is 107 Å². The maximum absolute atomic E-state index is 16.8. The first-order valence-corrected chi connectivity index (χ1v) is 23.0. The molecule has 3 amide bonds. The lowest BCUT2D eigenvalue weighted by atomic mass is 10.0. The molecule has 14 nitrogen and oxygen atoms in total. The Morgan fingerprint density at radius 3 is 2.44 bits per heavy atom. The number of nitrogens with one attached hydrogen (secondary N) is 3. The van der Waals surface area contributed by atoms with Crippen molar-refractivity contribution in [2.75, 3.05) is 13.7 Å². The van der Waals surface area contributed by atoms with Crippen molar-refractivity contribution in [1.29, 1.82) is 0 Å². The van der Waals surface area contributed by atoms with Crippen LogP contribution >= 0.6 is 11.3 Å². The number of rotatable bonds is 9. The van der Waals surface area contributed by atoms with Crippen molar-refractivity contribution in [2.45, 2.75) is 110 Å². The number of likely N-dealkylation sites (tertiary alicyclic amines) is 2. The predicted octanol–water partition coefficient (Wildman–Crippen LogP) is 9.91. The lowest BCUT2D eigenvalue weighted by molar-refractivity contribution is -0.135. The molecule has 2 aromatic carbocycles. The fourth-order valence-electron chi connectivity index (χ4n) is 9.78. The van der Waals surface area contributed by atoms with Crippen LogP contribution in [0.15, 0.2) is 60.9 Å². The van der Waals surface area contributed by atoms with Crippen molar-refractivity contribution in [3.63, 3.8) is 0 Å². The monoisotopic (exact) mass is 888 g/mol. The van der Waals surface area contributed by atoms with Gasteiger partial charge in [-0.25, -0.2) is 23.9 Å². The minimum Gasteiger partial charge on any atom is -0.464 e. The van der Waals surface area contributed by atoms with Gasteiger partial charge in [-0.05, 0) is 107 Å². The van der Waals surface area contributed by atoms with E-state index in [2.05, 4.69) is 45.0 Å². The second-order valence-electron chi connectivity index (χ2n) is 18.7. The van der Waals surface area contributed by atoms with Crippen molar-refractivity contribution < 1.29 is 33.0 Å². The number of thiophene rings is 1. The highest BCUT2D eigenvalue weighted by Crippen LogP contribution is 2.54. The first-order valence-electron chi connectivity index (χ1n) is 22.2. The minimum absolute atomic E-state index is 0.164. The molecule has 3 fully saturated rings. The molecule has 3 aliphatic heterocycles. The zero-order valence-electron chi connectivity index (χ0n) is 37.0. The van der Waals surface area contributed by atoms with Gasteiger partial charge in [-0.1, -0.05) is 26.8 Å². The number of benzene rings is 2. The summed E-state index contributed by atoms with van der Waals surface area (Å²) in [6, 6.07) is 14.7. The molecule has 334 valence electrons. The molecule has 3 N–H and O–H groups in total. The van der Waals surface area contributed by atoms with Crippen LogP contribution in [-0.4, -0.2) is 83.7 Å². The molecule has 3 unspecified atom stereocenters. The summed E-state index contributed by atoms with van der Waals surface area (Å²) in [5.74, 6) is 1.38. The average molecular weight is 889 g/mol. The standard InChI is InChI=1S/C48H53FN8O6S/c1-8-29-12-14-39(64-29)45-56-33-13-11-25(31-22-51-43(52-31)37-20-28-18-35(28)57(37)47(60)63-48(4,5)6)16-27(33)19-36(56)40-30(49)17-26(21-38(40)62-45)32-23-50-42(53-32)34-10-9-15-55(34)44(58)41(24(2)3)54-46(59)61-7/h11-14,16-17,19,21-24,28,34-35,37,41,45H,8-10,15,18,20H2,1-7H3,(H,50,53)(H,51,52)(H,54,59)/t28?,34-,35?,37-,41-,45?/m0/s1. The Balaban J connectivity index is 0.970. The molecule has 7 heterocycles. The van der Waals surface area contributed by atoms with Gasteiger partial charge in [0.15, 0.2) is 0 Å². The summed E-state index contributed by atoms with van der Waals surface area (Å²) in [7, 11) is 1.27. The first-order chi connectivity index (χ1) is 30.7. The number of amides is 3. The molecule has 0 spiro atoms. The Morgan fingerprint density at radius 1 is 0.984 bits per heavy atom. The Kier molecular flexibility index (Phi) is 10.3. The third-order valence-corrected chi connectivity index (χ3v) is 14.2. The summed E-state index contributed by atoms with van der Waals surface area (Å²) >= 11 is 1.68. The third-order valence-electron chi connectivity index (χ3n) is 13.0. The fourth-order valence-corrected chi connectivity index (χ4v) is 10.8. The highest BCUT2D eigenvalue weighted by Gasteiger charge is 2.56. The van der Waals surface area contributed by atoms with Gasteiger partial charge in [0.1, 0.15) is 34.9 Å². The van der Waals surface area contributed by atoms with Crippen LogP contribution in [0.3, 0.4) is 0 Å². The average Bonchev–Trinajstić information content (AvgIpc) is 4.02. The molecular weight excluding hydrogens is 836 g/mol. The van der Waals surface area contributed by atoms with Crippen molar-refractivity contribution >= 4 is 40.3 Å². The normalized spacial score (nSPS) is 21.7. The Labute approximate surface area is 374 Å². The number of hydrogen-bond acceptors (Lipinski definition) is 9. The molecule has 0 bridgehead atoms. The van der Waals surface area contributed by atoms with Crippen molar-refractivity contribution in [1.82, 2.24) is 39.6 Å². The lowest BCUT2D eigenvalue weighted by Crippen LogP contribution is -2.51. The summed E-state index contributed by atoms with van der Waals surface area (Å²) in [5.41, 5.74) is 4.24. The molecule has 1 saturated carbocycles. The van der Waals surface area contributed by atoms with E-state index in [9.17, 15) is 14.4 Å². The highest BCUT2D eigenvalue weighted by molar-refractivity contribution is 7.12. The number of aryl methyl sites for hydroxylation is 1. The molecule has 6 atom stereocenters. The highest BCUT2D eigenvalue weighted by atomic mass is 32.1. The molecule has 0 radical (unpaired) electrons. The SMILES string of the molecule is CCc1ccc(C2Oc3cc(-c4cnc([C@@H]5CCCN5C(=O)[C@@H](NC(=O)OC)C(C)C)[nH]4)cc(F)c3-c3cc4cc(-c5cnc([C@@H]6CC7CC7N6C(=O)OC(C)(C)C)[nH]5)ccc4n32)s1. The number of nitrogens with zero attached hydrogens (tertiary/aromatic N) is 5. The number of hydrogen-bond donors (Lipinski definition) is 3. The van der Waals surface area contributed by atoms with E-state index < -0.39 is 29.8 Å². The van der Waals surface area contributed by atoms with E-state index >= 15 is 4.39 Å². The van der Waals surface area contributed by atoms with Gasteiger partial charge < -0.3 is 34.4 Å². The van der Waals surface area contributed by atoms with E-state index in [0.717, 1.165) is 58.5 Å². The number of carbonyl (C=O) groups is 3. The number of aromatic amines is 2. The van der Waals surface area contributed by atoms with E-state index in [0.29, 0.717) is 53.0 Å². The fraction of sp³-hybridized carbons (Fsp3) is 0.438. The number of halogens is 1. The van der Waals surface area contributed by atoms with Crippen LogP contribution in [0.2, 0.25) is 0 Å². The number of aromatic nitrogens is 5. The van der Waals surface area contributed by atoms with Gasteiger partial charge in [0.25, 0.3) is 0 Å². The first kappa shape index (κ1) is 41.8.